The molecule has 84 valence electrons. The topological polar surface area (TPSA) is 12.5 Å². The van der Waals surface area contributed by atoms with Crippen LogP contribution in [-0.2, 0) is 4.74 Å². The summed E-state index contributed by atoms with van der Waals surface area (Å²) in [6.07, 6.45) is 0. The van der Waals surface area contributed by atoms with Crippen LogP contribution in [0.4, 0.5) is 4.39 Å². The Bertz CT molecular complexity index is 286. The highest BCUT2D eigenvalue weighted by Gasteiger charge is 2.10. The summed E-state index contributed by atoms with van der Waals surface area (Å²) >= 11 is 0. The summed E-state index contributed by atoms with van der Waals surface area (Å²) in [4.78, 5) is 2.18. The molecule has 1 aromatic carbocycles. The average Bonchev–Trinajstić information content (AvgIpc) is 2.26. The maximum Gasteiger partial charge on any atom is 0.123 e. The predicted molar refractivity (Wildman–Crippen MR) is 59.3 cm³/mol. The number of hydrogen-bond acceptors (Lipinski definition) is 2. The number of benzene rings is 1. The van der Waals surface area contributed by atoms with Gasteiger partial charge in [0, 0.05) is 19.7 Å². The molecule has 0 saturated carbocycles. The number of methoxy groups -OCH3 is 1. The van der Waals surface area contributed by atoms with Crippen LogP contribution < -0.4 is 0 Å². The lowest BCUT2D eigenvalue weighted by Gasteiger charge is -2.24. The zero-order valence-corrected chi connectivity index (χ0v) is 9.53. The van der Waals surface area contributed by atoms with Crippen molar-refractivity contribution in [3.8, 4) is 0 Å². The SMILES string of the molecule is COCCN(C)C(C)c1ccc(F)cc1. The fraction of sp³-hybridized carbons (Fsp3) is 0.500. The summed E-state index contributed by atoms with van der Waals surface area (Å²) in [7, 11) is 3.73. The monoisotopic (exact) mass is 211 g/mol. The summed E-state index contributed by atoms with van der Waals surface area (Å²) in [6.45, 7) is 3.68. The Morgan fingerprint density at radius 2 is 1.93 bits per heavy atom. The predicted octanol–water partition coefficient (Wildman–Crippen LogP) is 2.46. The highest BCUT2D eigenvalue weighted by Crippen LogP contribution is 2.18. The van der Waals surface area contributed by atoms with Crippen molar-refractivity contribution < 1.29 is 9.13 Å². The molecule has 0 saturated heterocycles. The molecule has 0 aliphatic heterocycles. The summed E-state index contributed by atoms with van der Waals surface area (Å²) in [5.74, 6) is -0.189. The molecule has 2 nitrogen and oxygen atoms in total. The second kappa shape index (κ2) is 5.83. The molecule has 15 heavy (non-hydrogen) atoms. The molecular weight excluding hydrogens is 193 g/mol. The molecule has 0 radical (unpaired) electrons. The zero-order valence-electron chi connectivity index (χ0n) is 9.53. The second-order valence-electron chi connectivity index (χ2n) is 3.70. The molecule has 0 amide bonds. The molecule has 1 unspecified atom stereocenters. The number of hydrogen-bond donors (Lipinski definition) is 0. The third-order valence-electron chi connectivity index (χ3n) is 2.66. The number of halogens is 1. The van der Waals surface area contributed by atoms with Crippen LogP contribution in [0.5, 0.6) is 0 Å². The zero-order chi connectivity index (χ0) is 11.3. The molecule has 0 N–H and O–H groups in total. The first-order valence-corrected chi connectivity index (χ1v) is 5.09. The lowest BCUT2D eigenvalue weighted by molar-refractivity contribution is 0.143. The van der Waals surface area contributed by atoms with Gasteiger partial charge in [-0.15, -0.1) is 0 Å². The van der Waals surface area contributed by atoms with Crippen LogP contribution in [0.15, 0.2) is 24.3 Å². The fourth-order valence-corrected chi connectivity index (χ4v) is 1.42. The molecule has 0 heterocycles. The molecule has 0 spiro atoms. The first-order valence-electron chi connectivity index (χ1n) is 5.09. The van der Waals surface area contributed by atoms with E-state index >= 15 is 0 Å². The van der Waals surface area contributed by atoms with Crippen molar-refractivity contribution in [2.45, 2.75) is 13.0 Å². The van der Waals surface area contributed by atoms with Gasteiger partial charge in [-0.05, 0) is 31.7 Å². The van der Waals surface area contributed by atoms with Crippen LogP contribution in [-0.4, -0.2) is 32.2 Å². The van der Waals surface area contributed by atoms with Crippen LogP contribution in [0.2, 0.25) is 0 Å². The van der Waals surface area contributed by atoms with Gasteiger partial charge >= 0.3 is 0 Å². The quantitative estimate of drug-likeness (QED) is 0.741. The molecule has 0 aromatic heterocycles. The van der Waals surface area contributed by atoms with E-state index in [1.54, 1.807) is 7.11 Å². The van der Waals surface area contributed by atoms with E-state index < -0.39 is 0 Å². The Kier molecular flexibility index (Phi) is 4.72. The van der Waals surface area contributed by atoms with E-state index in [2.05, 4.69) is 11.8 Å². The highest BCUT2D eigenvalue weighted by atomic mass is 19.1. The lowest BCUT2D eigenvalue weighted by atomic mass is 10.1. The minimum atomic E-state index is -0.189. The van der Waals surface area contributed by atoms with Crippen LogP contribution in [0.25, 0.3) is 0 Å². The van der Waals surface area contributed by atoms with Crippen LogP contribution in [0.3, 0.4) is 0 Å². The lowest BCUT2D eigenvalue weighted by Crippen LogP contribution is -2.26. The maximum absolute atomic E-state index is 12.7. The fourth-order valence-electron chi connectivity index (χ4n) is 1.42. The summed E-state index contributed by atoms with van der Waals surface area (Å²) in [5.41, 5.74) is 1.12. The van der Waals surface area contributed by atoms with E-state index in [1.807, 2.05) is 19.2 Å². The first-order chi connectivity index (χ1) is 7.15. The standard InChI is InChI=1S/C12H18FNO/c1-10(14(2)8-9-15-3)11-4-6-12(13)7-5-11/h4-7,10H,8-9H2,1-3H3. The van der Waals surface area contributed by atoms with E-state index in [1.165, 1.54) is 12.1 Å². The highest BCUT2D eigenvalue weighted by molar-refractivity contribution is 5.19. The average molecular weight is 211 g/mol. The van der Waals surface area contributed by atoms with Gasteiger partial charge in [0.15, 0.2) is 0 Å². The largest absolute Gasteiger partial charge is 0.383 e. The Morgan fingerprint density at radius 1 is 1.33 bits per heavy atom. The maximum atomic E-state index is 12.7. The van der Waals surface area contributed by atoms with E-state index in [0.29, 0.717) is 6.61 Å². The normalized spacial score (nSPS) is 13.1. The van der Waals surface area contributed by atoms with Gasteiger partial charge < -0.3 is 4.74 Å². The third kappa shape index (κ3) is 3.61. The molecular formula is C12H18FNO. The summed E-state index contributed by atoms with van der Waals surface area (Å²) in [5, 5.41) is 0. The number of likely N-dealkylation sites (N-methyl/N-ethyl adjacent to an activating group) is 1. The van der Waals surface area contributed by atoms with Crippen molar-refractivity contribution in [1.29, 1.82) is 0 Å². The van der Waals surface area contributed by atoms with Crippen LogP contribution >= 0.6 is 0 Å². The Labute approximate surface area is 90.7 Å². The summed E-state index contributed by atoms with van der Waals surface area (Å²) in [6, 6.07) is 6.92. The molecule has 0 aliphatic carbocycles. The van der Waals surface area contributed by atoms with Crippen molar-refractivity contribution in [1.82, 2.24) is 4.90 Å². The van der Waals surface area contributed by atoms with Gasteiger partial charge in [-0.1, -0.05) is 12.1 Å². The van der Waals surface area contributed by atoms with Gasteiger partial charge in [-0.2, -0.15) is 0 Å². The smallest absolute Gasteiger partial charge is 0.123 e. The first kappa shape index (κ1) is 12.1. The molecule has 1 rings (SSSR count). The molecule has 1 atom stereocenters. The van der Waals surface area contributed by atoms with Gasteiger partial charge in [0.2, 0.25) is 0 Å². The molecule has 0 fully saturated rings. The Balaban J connectivity index is 2.59. The van der Waals surface area contributed by atoms with E-state index in [-0.39, 0.29) is 11.9 Å². The minimum absolute atomic E-state index is 0.189. The van der Waals surface area contributed by atoms with Gasteiger partial charge in [0.05, 0.1) is 6.61 Å². The number of rotatable bonds is 5. The molecule has 0 aliphatic rings. The Morgan fingerprint density at radius 3 is 2.47 bits per heavy atom. The molecule has 1 aromatic rings. The van der Waals surface area contributed by atoms with Gasteiger partial charge in [-0.3, -0.25) is 4.90 Å². The molecule has 3 heteroatoms. The summed E-state index contributed by atoms with van der Waals surface area (Å²) < 4.78 is 17.7. The van der Waals surface area contributed by atoms with Crippen molar-refractivity contribution in [2.24, 2.45) is 0 Å². The van der Waals surface area contributed by atoms with Gasteiger partial charge in [-0.25, -0.2) is 4.39 Å². The van der Waals surface area contributed by atoms with Crippen LogP contribution in [0, 0.1) is 5.82 Å². The second-order valence-corrected chi connectivity index (χ2v) is 3.70. The minimum Gasteiger partial charge on any atom is -0.383 e. The number of ether oxygens (including phenoxy) is 1. The van der Waals surface area contributed by atoms with E-state index in [4.69, 9.17) is 4.74 Å². The van der Waals surface area contributed by atoms with Crippen molar-refractivity contribution >= 4 is 0 Å². The van der Waals surface area contributed by atoms with E-state index in [9.17, 15) is 4.39 Å². The van der Waals surface area contributed by atoms with Crippen LogP contribution in [0.1, 0.15) is 18.5 Å². The number of nitrogens with zero attached hydrogens (tertiary/aromatic N) is 1. The van der Waals surface area contributed by atoms with E-state index in [0.717, 1.165) is 12.1 Å². The third-order valence-corrected chi connectivity index (χ3v) is 2.66. The van der Waals surface area contributed by atoms with Gasteiger partial charge in [0.25, 0.3) is 0 Å². The van der Waals surface area contributed by atoms with Crippen molar-refractivity contribution in [3.05, 3.63) is 35.6 Å². The van der Waals surface area contributed by atoms with Crippen molar-refractivity contribution in [3.63, 3.8) is 0 Å². The van der Waals surface area contributed by atoms with Gasteiger partial charge in [0.1, 0.15) is 5.82 Å². The Hall–Kier alpha value is -0.930. The van der Waals surface area contributed by atoms with Crippen molar-refractivity contribution in [2.75, 3.05) is 27.3 Å². The molecule has 0 bridgehead atoms.